The lowest BCUT2D eigenvalue weighted by atomic mass is 9.94. The molecule has 1 rings (SSSR count). The molecule has 0 unspecified atom stereocenters. The van der Waals surface area contributed by atoms with Crippen LogP contribution in [0.15, 0.2) is 46.2 Å². The number of hydrogen-bond acceptors (Lipinski definition) is 6. The van der Waals surface area contributed by atoms with Crippen LogP contribution in [0.3, 0.4) is 0 Å². The van der Waals surface area contributed by atoms with E-state index < -0.39 is 52.7 Å². The molecule has 0 saturated heterocycles. The van der Waals surface area contributed by atoms with Gasteiger partial charge in [-0.1, -0.05) is 13.2 Å². The molecule has 1 aromatic carbocycles. The van der Waals surface area contributed by atoms with E-state index in [-0.39, 0.29) is 11.1 Å². The third-order valence-electron chi connectivity index (χ3n) is 2.90. The third-order valence-corrected chi connectivity index (χ3v) is 4.87. The maximum atomic E-state index is 12.3. The van der Waals surface area contributed by atoms with Gasteiger partial charge in [-0.25, -0.2) is 0 Å². The zero-order valence-electron chi connectivity index (χ0n) is 12.7. The summed E-state index contributed by atoms with van der Waals surface area (Å²) in [6, 6.07) is 1.45. The summed E-state index contributed by atoms with van der Waals surface area (Å²) >= 11 is 0. The highest BCUT2D eigenvalue weighted by molar-refractivity contribution is 7.89. The van der Waals surface area contributed by atoms with Crippen LogP contribution in [0.1, 0.15) is 34.6 Å². The first kappa shape index (κ1) is 19.9. The minimum absolute atomic E-state index is 0.0633. The van der Waals surface area contributed by atoms with E-state index in [0.29, 0.717) is 6.07 Å². The number of carbonyl (C=O) groups excluding carboxylic acids is 2. The second-order valence-electron chi connectivity index (χ2n) is 4.98. The highest BCUT2D eigenvalue weighted by Crippen LogP contribution is 2.30. The molecule has 24 heavy (non-hydrogen) atoms. The fourth-order valence-electron chi connectivity index (χ4n) is 1.88. The van der Waals surface area contributed by atoms with Crippen molar-refractivity contribution < 1.29 is 35.5 Å². The Labute approximate surface area is 139 Å². The van der Waals surface area contributed by atoms with Crippen LogP contribution in [-0.4, -0.2) is 37.5 Å². The predicted octanol–water partition coefficient (Wildman–Crippen LogP) is 1.70. The van der Waals surface area contributed by atoms with Crippen molar-refractivity contribution in [3.63, 3.8) is 0 Å². The summed E-state index contributed by atoms with van der Waals surface area (Å²) in [5.41, 5.74) is -1.67. The number of benzene rings is 1. The Morgan fingerprint density at radius 3 is 1.67 bits per heavy atom. The van der Waals surface area contributed by atoms with Gasteiger partial charge in [0.05, 0.1) is 5.56 Å². The van der Waals surface area contributed by atoms with Gasteiger partial charge in [-0.2, -0.15) is 16.8 Å². The summed E-state index contributed by atoms with van der Waals surface area (Å²) in [5.74, 6) is -1.93. The summed E-state index contributed by atoms with van der Waals surface area (Å²) < 4.78 is 64.7. The quantitative estimate of drug-likeness (QED) is 0.435. The van der Waals surface area contributed by atoms with Crippen LogP contribution in [0.2, 0.25) is 0 Å². The molecule has 0 heterocycles. The average Bonchev–Trinajstić information content (AvgIpc) is 2.41. The second kappa shape index (κ2) is 6.40. The smallest absolute Gasteiger partial charge is 0.289 e. The molecule has 0 fully saturated rings. The molecule has 0 bridgehead atoms. The summed E-state index contributed by atoms with van der Waals surface area (Å²) in [6.07, 6.45) is 0. The first-order chi connectivity index (χ1) is 10.7. The monoisotopic (exact) mass is 374 g/mol. The number of carbonyl (C=O) groups is 2. The van der Waals surface area contributed by atoms with Crippen LogP contribution in [0, 0.1) is 0 Å². The van der Waals surface area contributed by atoms with Crippen molar-refractivity contribution in [3.05, 3.63) is 47.6 Å². The maximum absolute atomic E-state index is 12.3. The van der Waals surface area contributed by atoms with Gasteiger partial charge in [-0.05, 0) is 37.1 Å². The molecule has 0 spiro atoms. The molecule has 8 nitrogen and oxygen atoms in total. The highest BCUT2D eigenvalue weighted by atomic mass is 32.2. The molecule has 10 heteroatoms. The van der Waals surface area contributed by atoms with Crippen LogP contribution in [-0.2, 0) is 20.2 Å². The van der Waals surface area contributed by atoms with Crippen molar-refractivity contribution in [1.82, 2.24) is 0 Å². The van der Waals surface area contributed by atoms with Crippen LogP contribution in [0.5, 0.6) is 0 Å². The first-order valence-corrected chi connectivity index (χ1v) is 9.10. The zero-order valence-corrected chi connectivity index (χ0v) is 14.4. The Morgan fingerprint density at radius 2 is 1.33 bits per heavy atom. The van der Waals surface area contributed by atoms with E-state index in [1.54, 1.807) is 0 Å². The van der Waals surface area contributed by atoms with E-state index in [9.17, 15) is 35.5 Å². The molecule has 0 atom stereocenters. The minimum Gasteiger partial charge on any atom is -0.289 e. The molecule has 130 valence electrons. The summed E-state index contributed by atoms with van der Waals surface area (Å²) in [6.45, 7) is 9.19. The van der Waals surface area contributed by atoms with Gasteiger partial charge in [0, 0.05) is 5.56 Å². The van der Waals surface area contributed by atoms with Crippen LogP contribution in [0.25, 0.3) is 0 Å². The molecule has 0 amide bonds. The normalized spacial score (nSPS) is 11.8. The summed E-state index contributed by atoms with van der Waals surface area (Å²) in [7, 11) is -10.4. The molecular weight excluding hydrogens is 360 g/mol. The minimum atomic E-state index is -5.29. The molecule has 0 aromatic heterocycles. The number of Topliss-reactive ketones (excluding diaryl/α,β-unsaturated/α-hetero) is 2. The molecule has 0 saturated carbocycles. The van der Waals surface area contributed by atoms with Crippen LogP contribution in [0.4, 0.5) is 0 Å². The molecule has 1 aromatic rings. The van der Waals surface area contributed by atoms with Crippen molar-refractivity contribution in [2.24, 2.45) is 0 Å². The van der Waals surface area contributed by atoms with Crippen molar-refractivity contribution in [2.75, 3.05) is 0 Å². The van der Waals surface area contributed by atoms with Gasteiger partial charge >= 0.3 is 0 Å². The zero-order chi connectivity index (χ0) is 19.0. The van der Waals surface area contributed by atoms with E-state index in [0.717, 1.165) is 6.07 Å². The van der Waals surface area contributed by atoms with Crippen molar-refractivity contribution in [2.45, 2.75) is 23.6 Å². The Balaban J connectivity index is 4.22. The van der Waals surface area contributed by atoms with Gasteiger partial charge in [0.2, 0.25) is 0 Å². The van der Waals surface area contributed by atoms with Crippen molar-refractivity contribution in [1.29, 1.82) is 0 Å². The highest BCUT2D eigenvalue weighted by Gasteiger charge is 2.34. The van der Waals surface area contributed by atoms with Crippen LogP contribution >= 0.6 is 0 Å². The third kappa shape index (κ3) is 3.85. The fraction of sp³-hybridized carbons (Fsp3) is 0.143. The van der Waals surface area contributed by atoms with Gasteiger partial charge in [0.1, 0.15) is 9.79 Å². The van der Waals surface area contributed by atoms with Gasteiger partial charge < -0.3 is 0 Å². The van der Waals surface area contributed by atoms with Crippen molar-refractivity contribution >= 4 is 31.8 Å². The van der Waals surface area contributed by atoms with Gasteiger partial charge in [-0.3, -0.25) is 18.7 Å². The Hall–Kier alpha value is -2.14. The topological polar surface area (TPSA) is 143 Å². The number of hydrogen-bond donors (Lipinski definition) is 2. The van der Waals surface area contributed by atoms with Gasteiger partial charge in [0.25, 0.3) is 20.2 Å². The van der Waals surface area contributed by atoms with Crippen LogP contribution < -0.4 is 0 Å². The van der Waals surface area contributed by atoms with E-state index in [4.69, 9.17) is 0 Å². The first-order valence-electron chi connectivity index (χ1n) is 6.22. The van der Waals surface area contributed by atoms with E-state index in [1.807, 2.05) is 0 Å². The number of rotatable bonds is 6. The van der Waals surface area contributed by atoms with Gasteiger partial charge in [-0.15, -0.1) is 0 Å². The Kier molecular flexibility index (Phi) is 5.31. The number of ketones is 2. The van der Waals surface area contributed by atoms with Crippen molar-refractivity contribution in [3.8, 4) is 0 Å². The fourth-order valence-corrected chi connectivity index (χ4v) is 3.87. The van der Waals surface area contributed by atoms with E-state index in [2.05, 4.69) is 13.2 Å². The summed E-state index contributed by atoms with van der Waals surface area (Å²) in [4.78, 5) is 21.9. The number of allylic oxidation sites excluding steroid dienone is 2. The lowest BCUT2D eigenvalue weighted by Gasteiger charge is -2.14. The average molecular weight is 374 g/mol. The standard InChI is InChI=1S/C14H14O8S2/c1-7(2)12(15)9-5-6-10(23(17,18)19)14(24(20,21)22)11(9)13(16)8(3)4/h5-6H,1,3H2,2,4H3,(H,17,18,19)(H,20,21,22). The predicted molar refractivity (Wildman–Crippen MR) is 84.4 cm³/mol. The SMILES string of the molecule is C=C(C)C(=O)c1ccc(S(=O)(=O)O)c(S(=O)(=O)O)c1C(=O)C(=C)C. The molecule has 0 aliphatic carbocycles. The lowest BCUT2D eigenvalue weighted by Crippen LogP contribution is -2.19. The maximum Gasteiger partial charge on any atom is 0.296 e. The largest absolute Gasteiger partial charge is 0.296 e. The Morgan fingerprint density at radius 1 is 0.875 bits per heavy atom. The second-order valence-corrected chi connectivity index (χ2v) is 7.73. The molecule has 0 radical (unpaired) electrons. The lowest BCUT2D eigenvalue weighted by molar-refractivity contribution is 0.0996. The molecule has 0 aliphatic heterocycles. The molecule has 2 N–H and O–H groups in total. The molecular formula is C14H14O8S2. The molecule has 0 aliphatic rings. The summed E-state index contributed by atoms with van der Waals surface area (Å²) in [5, 5.41) is 0. The Bertz CT molecular complexity index is 982. The van der Waals surface area contributed by atoms with Gasteiger partial charge in [0.15, 0.2) is 11.6 Å². The van der Waals surface area contributed by atoms with E-state index in [1.165, 1.54) is 13.8 Å². The van der Waals surface area contributed by atoms with E-state index >= 15 is 0 Å².